The molecule has 42 heavy (non-hydrogen) atoms. The average molecular weight is 588 g/mol. The van der Waals surface area contributed by atoms with Crippen LogP contribution in [0, 0.1) is 17.8 Å². The zero-order valence-corrected chi connectivity index (χ0v) is 27.8. The molecule has 8 nitrogen and oxygen atoms in total. The number of hydrogen-bond donors (Lipinski definition) is 1. The summed E-state index contributed by atoms with van der Waals surface area (Å²) in [5, 5.41) is 3.19. The van der Waals surface area contributed by atoms with Crippen LogP contribution in [0.4, 0.5) is 0 Å². The fourth-order valence-electron chi connectivity index (χ4n) is 6.34. The Kier molecular flexibility index (Phi) is 14.5. The number of methoxy groups -OCH3 is 2. The van der Waals surface area contributed by atoms with E-state index in [0.29, 0.717) is 13.0 Å². The summed E-state index contributed by atoms with van der Waals surface area (Å²) < 4.78 is 11.8. The minimum atomic E-state index is -0.440. The summed E-state index contributed by atoms with van der Waals surface area (Å²) in [7, 11) is 5.08. The van der Waals surface area contributed by atoms with Gasteiger partial charge in [0, 0.05) is 46.2 Å². The van der Waals surface area contributed by atoms with Gasteiger partial charge < -0.3 is 24.6 Å². The minimum Gasteiger partial charge on any atom is -0.379 e. The molecule has 1 aromatic carbocycles. The summed E-state index contributed by atoms with van der Waals surface area (Å²) in [6.07, 6.45) is 2.26. The third-order valence-corrected chi connectivity index (χ3v) is 9.33. The van der Waals surface area contributed by atoms with Crippen molar-refractivity contribution in [2.24, 2.45) is 17.8 Å². The smallest absolute Gasteiger partial charge is 0.225 e. The van der Waals surface area contributed by atoms with Gasteiger partial charge in [-0.25, -0.2) is 0 Å². The van der Waals surface area contributed by atoms with Crippen LogP contribution in [0.1, 0.15) is 92.1 Å². The molecule has 238 valence electrons. The van der Waals surface area contributed by atoms with Crippen molar-refractivity contribution in [2.45, 2.75) is 117 Å². The lowest BCUT2D eigenvalue weighted by molar-refractivity contribution is -0.146. The van der Waals surface area contributed by atoms with Gasteiger partial charge in [0.2, 0.25) is 17.7 Å². The molecule has 1 saturated heterocycles. The summed E-state index contributed by atoms with van der Waals surface area (Å²) in [5.74, 6) is 0.0945. The van der Waals surface area contributed by atoms with Crippen molar-refractivity contribution < 1.29 is 23.9 Å². The molecule has 0 aliphatic carbocycles. The Balaban J connectivity index is 2.15. The van der Waals surface area contributed by atoms with Crippen LogP contribution in [0.15, 0.2) is 30.3 Å². The first-order chi connectivity index (χ1) is 19.9. The van der Waals surface area contributed by atoms with E-state index < -0.39 is 18.1 Å². The highest BCUT2D eigenvalue weighted by Crippen LogP contribution is 2.30. The van der Waals surface area contributed by atoms with Crippen molar-refractivity contribution in [1.82, 2.24) is 15.1 Å². The van der Waals surface area contributed by atoms with E-state index in [1.807, 2.05) is 57.8 Å². The van der Waals surface area contributed by atoms with Crippen molar-refractivity contribution in [3.8, 4) is 0 Å². The second-order valence-electron chi connectivity index (χ2n) is 12.7. The molecule has 8 atom stereocenters. The molecule has 0 radical (unpaired) electrons. The van der Waals surface area contributed by atoms with Crippen LogP contribution in [0.25, 0.3) is 0 Å². The fraction of sp³-hybridized carbons (Fsp3) is 0.735. The van der Waals surface area contributed by atoms with E-state index in [-0.39, 0.29) is 60.0 Å². The number of rotatable bonds is 16. The van der Waals surface area contributed by atoms with E-state index in [2.05, 4.69) is 38.2 Å². The van der Waals surface area contributed by atoms with E-state index in [4.69, 9.17) is 9.47 Å². The van der Waals surface area contributed by atoms with Gasteiger partial charge in [0.15, 0.2) is 0 Å². The fourth-order valence-corrected chi connectivity index (χ4v) is 6.34. The molecule has 1 aliphatic heterocycles. The Hall–Kier alpha value is -2.45. The number of likely N-dealkylation sites (tertiary alicyclic amines) is 1. The van der Waals surface area contributed by atoms with Gasteiger partial charge in [-0.3, -0.25) is 14.4 Å². The van der Waals surface area contributed by atoms with Crippen LogP contribution in [0.2, 0.25) is 0 Å². The number of likely N-dealkylation sites (N-methyl/N-ethyl adjacent to an activating group) is 1. The topological polar surface area (TPSA) is 88.2 Å². The van der Waals surface area contributed by atoms with Crippen LogP contribution >= 0.6 is 0 Å². The maximum atomic E-state index is 13.8. The third-order valence-electron chi connectivity index (χ3n) is 9.33. The zero-order chi connectivity index (χ0) is 31.6. The molecule has 0 bridgehead atoms. The summed E-state index contributed by atoms with van der Waals surface area (Å²) in [5.41, 5.74) is 1.17. The van der Waals surface area contributed by atoms with Crippen LogP contribution in [0.3, 0.4) is 0 Å². The van der Waals surface area contributed by atoms with Gasteiger partial charge in [-0.1, -0.05) is 78.3 Å². The maximum Gasteiger partial charge on any atom is 0.225 e. The average Bonchev–Trinajstić information content (AvgIpc) is 3.46. The van der Waals surface area contributed by atoms with Crippen molar-refractivity contribution in [2.75, 3.05) is 27.8 Å². The highest BCUT2D eigenvalue weighted by Gasteiger charge is 2.42. The molecule has 1 aliphatic rings. The second-order valence-corrected chi connectivity index (χ2v) is 12.7. The predicted octanol–water partition coefficient (Wildman–Crippen LogP) is 5.26. The number of amides is 3. The largest absolute Gasteiger partial charge is 0.379 e. The highest BCUT2D eigenvalue weighted by molar-refractivity contribution is 5.81. The van der Waals surface area contributed by atoms with Gasteiger partial charge in [-0.2, -0.15) is 0 Å². The normalized spacial score (nSPS) is 20.4. The number of carbonyl (C=O) groups is 3. The third kappa shape index (κ3) is 9.27. The van der Waals surface area contributed by atoms with Gasteiger partial charge in [-0.05, 0) is 37.2 Å². The second kappa shape index (κ2) is 17.0. The van der Waals surface area contributed by atoms with Gasteiger partial charge in [0.25, 0.3) is 0 Å². The van der Waals surface area contributed by atoms with Crippen molar-refractivity contribution in [3.05, 3.63) is 35.9 Å². The van der Waals surface area contributed by atoms with Gasteiger partial charge >= 0.3 is 0 Å². The Labute approximate surface area is 254 Å². The summed E-state index contributed by atoms with van der Waals surface area (Å²) in [4.78, 5) is 43.9. The van der Waals surface area contributed by atoms with Crippen molar-refractivity contribution >= 4 is 17.7 Å². The van der Waals surface area contributed by atoms with Crippen LogP contribution < -0.4 is 5.32 Å². The minimum absolute atomic E-state index is 0.0249. The molecule has 1 aromatic rings. The summed E-state index contributed by atoms with van der Waals surface area (Å²) in [6.45, 7) is 14.9. The molecule has 0 saturated carbocycles. The Morgan fingerprint density at radius 2 is 1.64 bits per heavy atom. The molecular formula is C34H57N3O5. The Bertz CT molecular complexity index is 987. The standard InChI is InChI=1S/C34H57N3O5/c1-11-23(4)32(36(8)30(38)20-22(2)3)29(41-9)21-31(39)37-19-15-18-28(37)33(42-10)25(6)34(40)35-26(7)24(5)27-16-13-12-14-17-27/h12-14,16-17,22-26,28-29,32-33H,11,15,18-21H2,1-10H3,(H,35,40)/t23-,24+,25+,26+,28-,29+,32-,33+/m0/s1. The molecule has 1 fully saturated rings. The molecule has 0 unspecified atom stereocenters. The molecular weight excluding hydrogens is 530 g/mol. The van der Waals surface area contributed by atoms with E-state index in [0.717, 1.165) is 19.3 Å². The summed E-state index contributed by atoms with van der Waals surface area (Å²) in [6, 6.07) is 9.69. The van der Waals surface area contributed by atoms with E-state index in [1.54, 1.807) is 19.1 Å². The number of carbonyl (C=O) groups excluding carboxylic acids is 3. The summed E-state index contributed by atoms with van der Waals surface area (Å²) >= 11 is 0. The monoisotopic (exact) mass is 587 g/mol. The lowest BCUT2D eigenvalue weighted by Gasteiger charge is -2.39. The van der Waals surface area contributed by atoms with E-state index >= 15 is 0 Å². The number of nitrogens with zero attached hydrogens (tertiary/aromatic N) is 2. The molecule has 2 rings (SSSR count). The molecule has 0 aromatic heterocycles. The quantitative estimate of drug-likeness (QED) is 0.285. The first-order valence-electron chi connectivity index (χ1n) is 15.8. The number of nitrogens with one attached hydrogen (secondary N) is 1. The van der Waals surface area contributed by atoms with Gasteiger partial charge in [0.05, 0.1) is 36.6 Å². The van der Waals surface area contributed by atoms with Crippen molar-refractivity contribution in [3.63, 3.8) is 0 Å². The number of hydrogen-bond acceptors (Lipinski definition) is 5. The van der Waals surface area contributed by atoms with E-state index in [1.165, 1.54) is 5.56 Å². The molecule has 8 heteroatoms. The molecule has 0 spiro atoms. The predicted molar refractivity (Wildman–Crippen MR) is 168 cm³/mol. The molecule has 1 heterocycles. The zero-order valence-electron chi connectivity index (χ0n) is 27.8. The number of benzene rings is 1. The van der Waals surface area contributed by atoms with E-state index in [9.17, 15) is 14.4 Å². The first kappa shape index (κ1) is 35.7. The van der Waals surface area contributed by atoms with Gasteiger partial charge in [0.1, 0.15) is 0 Å². The van der Waals surface area contributed by atoms with Crippen LogP contribution in [0.5, 0.6) is 0 Å². The van der Waals surface area contributed by atoms with Crippen LogP contribution in [-0.2, 0) is 23.9 Å². The highest BCUT2D eigenvalue weighted by atomic mass is 16.5. The molecule has 1 N–H and O–H groups in total. The lowest BCUT2D eigenvalue weighted by Crippen LogP contribution is -2.53. The number of ether oxygens (including phenoxy) is 2. The SMILES string of the molecule is CC[C@H](C)[C@@H]([C@@H](CC(=O)N1CCC[C@H]1[C@H](OC)[C@@H](C)C(=O)N[C@H](C)[C@@H](C)c1ccccc1)OC)N(C)C(=O)CC(C)C. The van der Waals surface area contributed by atoms with Crippen molar-refractivity contribution in [1.29, 1.82) is 0 Å². The van der Waals surface area contributed by atoms with Gasteiger partial charge in [-0.15, -0.1) is 0 Å². The molecule has 3 amide bonds. The first-order valence-corrected chi connectivity index (χ1v) is 15.8. The Morgan fingerprint density at radius 3 is 2.19 bits per heavy atom. The lowest BCUT2D eigenvalue weighted by atomic mass is 9.89. The maximum absolute atomic E-state index is 13.8. The van der Waals surface area contributed by atoms with Crippen LogP contribution in [-0.4, -0.2) is 85.7 Å². The Morgan fingerprint density at radius 1 is 1.00 bits per heavy atom.